The van der Waals surface area contributed by atoms with Crippen LogP contribution in [0.25, 0.3) is 11.3 Å². The van der Waals surface area contributed by atoms with Gasteiger partial charge in [0.25, 0.3) is 5.56 Å². The van der Waals surface area contributed by atoms with Crippen LogP contribution in [0.2, 0.25) is 0 Å². The summed E-state index contributed by atoms with van der Waals surface area (Å²) in [6.07, 6.45) is 4.12. The van der Waals surface area contributed by atoms with Gasteiger partial charge in [-0.3, -0.25) is 14.9 Å². The second kappa shape index (κ2) is 8.44. The van der Waals surface area contributed by atoms with Gasteiger partial charge in [0.15, 0.2) is 23.4 Å². The summed E-state index contributed by atoms with van der Waals surface area (Å²) < 4.78 is 12.2. The topological polar surface area (TPSA) is 149 Å². The van der Waals surface area contributed by atoms with Crippen LogP contribution in [-0.4, -0.2) is 38.0 Å². The molecule has 0 aliphatic heterocycles. The van der Waals surface area contributed by atoms with Gasteiger partial charge in [-0.1, -0.05) is 11.8 Å². The summed E-state index contributed by atoms with van der Waals surface area (Å²) in [6, 6.07) is 6.69. The fourth-order valence-corrected chi connectivity index (χ4v) is 2.83. The molecule has 0 aliphatic carbocycles. The monoisotopic (exact) mass is 414 g/mol. The third-order valence-corrected chi connectivity index (χ3v) is 4.40. The zero-order valence-electron chi connectivity index (χ0n) is 15.3. The quantitative estimate of drug-likeness (QED) is 0.266. The lowest BCUT2D eigenvalue weighted by atomic mass is 10.1. The Balaban J connectivity index is 1.91. The Bertz CT molecular complexity index is 1170. The molecule has 0 bridgehead atoms. The zero-order chi connectivity index (χ0) is 21.0. The molecule has 11 nitrogen and oxygen atoms in total. The number of thioether (sulfide) groups is 1. The summed E-state index contributed by atoms with van der Waals surface area (Å²) in [5, 5.41) is 24.3. The van der Waals surface area contributed by atoms with Crippen molar-refractivity contribution < 1.29 is 14.4 Å². The van der Waals surface area contributed by atoms with Crippen molar-refractivity contribution in [1.82, 2.24) is 19.7 Å². The van der Waals surface area contributed by atoms with Crippen LogP contribution >= 0.6 is 11.8 Å². The predicted octanol–water partition coefficient (Wildman–Crippen LogP) is 2.18. The number of aromatic nitrogens is 4. The summed E-state index contributed by atoms with van der Waals surface area (Å²) in [7, 11) is 1.44. The van der Waals surface area contributed by atoms with Crippen molar-refractivity contribution in [2.45, 2.75) is 11.9 Å². The molecule has 29 heavy (non-hydrogen) atoms. The first-order chi connectivity index (χ1) is 14.0. The van der Waals surface area contributed by atoms with Gasteiger partial charge in [-0.15, -0.1) is 0 Å². The number of nitro groups is 1. The Morgan fingerprint density at radius 2 is 2.21 bits per heavy atom. The van der Waals surface area contributed by atoms with E-state index in [4.69, 9.17) is 9.47 Å². The number of hydrogen-bond acceptors (Lipinski definition) is 9. The minimum absolute atomic E-state index is 0.0765. The van der Waals surface area contributed by atoms with Crippen molar-refractivity contribution in [2.75, 3.05) is 13.4 Å². The Hall–Kier alpha value is -3.85. The fourth-order valence-electron chi connectivity index (χ4n) is 2.45. The van der Waals surface area contributed by atoms with Crippen LogP contribution in [0.4, 0.5) is 5.69 Å². The molecular weight excluding hydrogens is 400 g/mol. The van der Waals surface area contributed by atoms with E-state index in [9.17, 15) is 20.2 Å². The predicted molar refractivity (Wildman–Crippen MR) is 103 cm³/mol. The van der Waals surface area contributed by atoms with Crippen LogP contribution in [0.5, 0.6) is 11.5 Å². The molecule has 0 unspecified atom stereocenters. The number of benzene rings is 1. The van der Waals surface area contributed by atoms with Gasteiger partial charge >= 0.3 is 5.69 Å². The summed E-state index contributed by atoms with van der Waals surface area (Å²) in [5.74, 6) is 0.684. The number of nitrogens with zero attached hydrogens (tertiary/aromatic N) is 5. The largest absolute Gasteiger partial charge is 0.493 e. The molecule has 2 aromatic heterocycles. The maximum Gasteiger partial charge on any atom is 0.307 e. The van der Waals surface area contributed by atoms with Gasteiger partial charge in [0, 0.05) is 5.56 Å². The van der Waals surface area contributed by atoms with Crippen LogP contribution in [0, 0.1) is 21.4 Å². The maximum atomic E-state index is 12.1. The molecule has 0 amide bonds. The molecule has 3 rings (SSSR count). The first-order valence-corrected chi connectivity index (χ1v) is 9.25. The van der Waals surface area contributed by atoms with Crippen molar-refractivity contribution in [1.29, 1.82) is 5.26 Å². The Labute approximate surface area is 168 Å². The van der Waals surface area contributed by atoms with Crippen molar-refractivity contribution in [3.05, 3.63) is 56.6 Å². The molecule has 0 fully saturated rings. The lowest BCUT2D eigenvalue weighted by molar-refractivity contribution is -0.385. The number of nitrogens with one attached hydrogen (secondary N) is 1. The highest BCUT2D eigenvalue weighted by Crippen LogP contribution is 2.33. The van der Waals surface area contributed by atoms with E-state index in [-0.39, 0.29) is 23.7 Å². The Morgan fingerprint density at radius 3 is 2.83 bits per heavy atom. The van der Waals surface area contributed by atoms with E-state index in [1.54, 1.807) is 24.5 Å². The highest BCUT2D eigenvalue weighted by molar-refractivity contribution is 7.98. The van der Waals surface area contributed by atoms with E-state index in [1.807, 2.05) is 6.07 Å². The summed E-state index contributed by atoms with van der Waals surface area (Å²) >= 11 is 1.24. The minimum atomic E-state index is -0.553. The lowest BCUT2D eigenvalue weighted by Gasteiger charge is -2.12. The highest BCUT2D eigenvalue weighted by Gasteiger charge is 2.16. The summed E-state index contributed by atoms with van der Waals surface area (Å²) in [5.41, 5.74) is -0.0521. The van der Waals surface area contributed by atoms with Gasteiger partial charge in [-0.25, -0.2) is 9.67 Å². The standard InChI is InChI=1S/C17H14N6O5S/c1-27-14-5-10(15-12(6-18)16(24)21-17(20-15)29-2)3-4-13(14)28-9-22-8-11(7-19-22)23(25)26/h3-5,7-8H,9H2,1-2H3,(H,20,21,24). The number of methoxy groups -OCH3 is 1. The van der Waals surface area contributed by atoms with Gasteiger partial charge in [0.05, 0.1) is 17.7 Å². The minimum Gasteiger partial charge on any atom is -0.493 e. The number of hydrogen-bond donors (Lipinski definition) is 1. The molecule has 148 valence electrons. The van der Waals surface area contributed by atoms with Crippen LogP contribution in [0.3, 0.4) is 0 Å². The first kappa shape index (κ1) is 19.9. The van der Waals surface area contributed by atoms with Gasteiger partial charge in [-0.2, -0.15) is 10.4 Å². The van der Waals surface area contributed by atoms with Gasteiger partial charge in [-0.05, 0) is 24.5 Å². The van der Waals surface area contributed by atoms with E-state index in [2.05, 4.69) is 15.1 Å². The van der Waals surface area contributed by atoms with Crippen molar-refractivity contribution in [3.63, 3.8) is 0 Å². The lowest BCUT2D eigenvalue weighted by Crippen LogP contribution is -2.14. The number of nitriles is 1. The van der Waals surface area contributed by atoms with E-state index in [0.717, 1.165) is 6.20 Å². The van der Waals surface area contributed by atoms with Gasteiger partial charge in [0.2, 0.25) is 0 Å². The first-order valence-electron chi connectivity index (χ1n) is 8.03. The van der Waals surface area contributed by atoms with E-state index in [0.29, 0.717) is 22.2 Å². The smallest absolute Gasteiger partial charge is 0.307 e. The molecule has 12 heteroatoms. The van der Waals surface area contributed by atoms with Crippen LogP contribution < -0.4 is 15.0 Å². The SMILES string of the molecule is COc1cc(-c2nc(SC)[nH]c(=O)c2C#N)ccc1OCn1cc([N+](=O)[O-])cn1. The maximum absolute atomic E-state index is 12.1. The molecule has 0 saturated carbocycles. The van der Waals surface area contributed by atoms with Gasteiger partial charge < -0.3 is 14.5 Å². The van der Waals surface area contributed by atoms with E-state index >= 15 is 0 Å². The Kier molecular flexibility index (Phi) is 5.79. The number of ether oxygens (including phenoxy) is 2. The second-order valence-corrected chi connectivity index (χ2v) is 6.34. The highest BCUT2D eigenvalue weighted by atomic mass is 32.2. The molecule has 3 aromatic rings. The number of rotatable bonds is 7. The third kappa shape index (κ3) is 4.19. The molecule has 0 spiro atoms. The molecule has 0 radical (unpaired) electrons. The van der Waals surface area contributed by atoms with Crippen molar-refractivity contribution in [2.24, 2.45) is 0 Å². The number of aromatic amines is 1. The van der Waals surface area contributed by atoms with Gasteiger partial charge in [0.1, 0.15) is 24.0 Å². The fraction of sp³-hybridized carbons (Fsp3) is 0.176. The average Bonchev–Trinajstić information content (AvgIpc) is 3.21. The molecule has 1 N–H and O–H groups in total. The van der Waals surface area contributed by atoms with Crippen molar-refractivity contribution in [3.8, 4) is 28.8 Å². The number of H-pyrrole nitrogens is 1. The molecule has 0 aliphatic rings. The van der Waals surface area contributed by atoms with E-state index in [1.165, 1.54) is 29.8 Å². The zero-order valence-corrected chi connectivity index (χ0v) is 16.1. The third-order valence-electron chi connectivity index (χ3n) is 3.82. The van der Waals surface area contributed by atoms with Crippen molar-refractivity contribution >= 4 is 17.4 Å². The van der Waals surface area contributed by atoms with Crippen LogP contribution in [0.1, 0.15) is 5.56 Å². The molecular formula is C17H14N6O5S. The van der Waals surface area contributed by atoms with Crippen LogP contribution in [0.15, 0.2) is 40.5 Å². The average molecular weight is 414 g/mol. The second-order valence-electron chi connectivity index (χ2n) is 5.54. The molecule has 0 atom stereocenters. The summed E-state index contributed by atoms with van der Waals surface area (Å²) in [4.78, 5) is 29.1. The van der Waals surface area contributed by atoms with Crippen LogP contribution in [-0.2, 0) is 6.73 Å². The van der Waals surface area contributed by atoms with E-state index < -0.39 is 10.5 Å². The Morgan fingerprint density at radius 1 is 1.41 bits per heavy atom. The molecule has 1 aromatic carbocycles. The summed E-state index contributed by atoms with van der Waals surface area (Å²) in [6.45, 7) is -0.0765. The normalized spacial score (nSPS) is 10.4. The molecule has 0 saturated heterocycles. The molecule has 2 heterocycles.